The van der Waals surface area contributed by atoms with E-state index in [9.17, 15) is 0 Å². The van der Waals surface area contributed by atoms with Crippen molar-refractivity contribution in [2.75, 3.05) is 0 Å². The van der Waals surface area contributed by atoms with Crippen LogP contribution in [0, 0.1) is 0 Å². The third-order valence-corrected chi connectivity index (χ3v) is 4.19. The molecule has 0 aliphatic carbocycles. The molecule has 1 unspecified atom stereocenters. The average Bonchev–Trinajstić information content (AvgIpc) is 2.35. The van der Waals surface area contributed by atoms with Crippen molar-refractivity contribution >= 4 is 43.5 Å². The lowest BCUT2D eigenvalue weighted by molar-refractivity contribution is 0.718. The lowest BCUT2D eigenvalue weighted by Gasteiger charge is -2.14. The first-order valence-electron chi connectivity index (χ1n) is 5.51. The van der Waals surface area contributed by atoms with Crippen LogP contribution < -0.4 is 5.73 Å². The van der Waals surface area contributed by atoms with Crippen molar-refractivity contribution in [1.29, 1.82) is 0 Å². The smallest absolute Gasteiger partial charge is 0.0406 e. The summed E-state index contributed by atoms with van der Waals surface area (Å²) in [6, 6.07) is 13.8. The highest BCUT2D eigenvalue weighted by atomic mass is 79.9. The Balaban J connectivity index is 2.18. The maximum absolute atomic E-state index is 6.25. The normalized spacial score (nSPS) is 12.4. The van der Waals surface area contributed by atoms with Crippen molar-refractivity contribution in [3.63, 3.8) is 0 Å². The molecule has 4 heteroatoms. The highest BCUT2D eigenvalue weighted by Crippen LogP contribution is 2.28. The molecular formula is C14H12Br2ClN. The van der Waals surface area contributed by atoms with E-state index >= 15 is 0 Å². The molecule has 0 heterocycles. The lowest BCUT2D eigenvalue weighted by atomic mass is 10.00. The summed E-state index contributed by atoms with van der Waals surface area (Å²) in [5.74, 6) is 0. The van der Waals surface area contributed by atoms with Crippen molar-refractivity contribution in [2.45, 2.75) is 12.5 Å². The van der Waals surface area contributed by atoms with Gasteiger partial charge in [0, 0.05) is 20.0 Å². The van der Waals surface area contributed by atoms with E-state index < -0.39 is 0 Å². The minimum absolute atomic E-state index is 0.0435. The lowest BCUT2D eigenvalue weighted by Crippen LogP contribution is -2.14. The molecule has 1 atom stereocenters. The summed E-state index contributed by atoms with van der Waals surface area (Å²) in [5.41, 5.74) is 8.53. The predicted octanol–water partition coefficient (Wildman–Crippen LogP) is 5.11. The number of nitrogens with two attached hydrogens (primary N) is 1. The summed E-state index contributed by atoms with van der Waals surface area (Å²) < 4.78 is 2.07. The Bertz CT molecular complexity index is 540. The van der Waals surface area contributed by atoms with Crippen LogP contribution in [0.5, 0.6) is 0 Å². The third-order valence-electron chi connectivity index (χ3n) is 2.73. The van der Waals surface area contributed by atoms with Crippen molar-refractivity contribution in [1.82, 2.24) is 0 Å². The maximum Gasteiger partial charge on any atom is 0.0406 e. The predicted molar refractivity (Wildman–Crippen MR) is 83.9 cm³/mol. The molecule has 0 aromatic heterocycles. The Morgan fingerprint density at radius 1 is 1.06 bits per heavy atom. The van der Waals surface area contributed by atoms with E-state index in [1.807, 2.05) is 42.5 Å². The molecule has 0 aliphatic rings. The molecule has 2 rings (SSSR count). The molecule has 0 amide bonds. The fourth-order valence-corrected chi connectivity index (χ4v) is 2.83. The molecule has 0 saturated carbocycles. The molecule has 1 nitrogen and oxygen atoms in total. The number of rotatable bonds is 3. The van der Waals surface area contributed by atoms with Gasteiger partial charge < -0.3 is 5.73 Å². The van der Waals surface area contributed by atoms with Crippen LogP contribution in [0.3, 0.4) is 0 Å². The van der Waals surface area contributed by atoms with Gasteiger partial charge in [0.2, 0.25) is 0 Å². The standard InChI is InChI=1S/C14H12Br2ClN/c15-10-3-6-13(16)12(8-10)14(18)7-9-1-4-11(17)5-2-9/h1-6,8,14H,7,18H2. The van der Waals surface area contributed by atoms with Crippen LogP contribution in [0.2, 0.25) is 5.02 Å². The van der Waals surface area contributed by atoms with E-state index in [1.54, 1.807) is 0 Å². The summed E-state index contributed by atoms with van der Waals surface area (Å²) in [5, 5.41) is 0.746. The minimum Gasteiger partial charge on any atom is -0.324 e. The van der Waals surface area contributed by atoms with Crippen LogP contribution in [0.1, 0.15) is 17.2 Å². The average molecular weight is 390 g/mol. The van der Waals surface area contributed by atoms with Crippen LogP contribution >= 0.6 is 43.5 Å². The molecule has 0 radical (unpaired) electrons. The van der Waals surface area contributed by atoms with Gasteiger partial charge in [-0.05, 0) is 47.9 Å². The van der Waals surface area contributed by atoms with Crippen LogP contribution in [-0.2, 0) is 6.42 Å². The van der Waals surface area contributed by atoms with Crippen molar-refractivity contribution in [3.8, 4) is 0 Å². The molecule has 18 heavy (non-hydrogen) atoms. The van der Waals surface area contributed by atoms with Gasteiger partial charge in [0.25, 0.3) is 0 Å². The van der Waals surface area contributed by atoms with E-state index in [0.29, 0.717) is 0 Å². The molecule has 0 saturated heterocycles. The van der Waals surface area contributed by atoms with E-state index in [1.165, 1.54) is 5.56 Å². The van der Waals surface area contributed by atoms with Crippen LogP contribution in [-0.4, -0.2) is 0 Å². The van der Waals surface area contributed by atoms with Gasteiger partial charge in [-0.1, -0.05) is 55.6 Å². The molecule has 94 valence electrons. The van der Waals surface area contributed by atoms with Gasteiger partial charge in [0.15, 0.2) is 0 Å². The first kappa shape index (κ1) is 14.1. The molecule has 0 fully saturated rings. The number of hydrogen-bond donors (Lipinski definition) is 1. The molecule has 0 bridgehead atoms. The summed E-state index contributed by atoms with van der Waals surface area (Å²) >= 11 is 12.9. The highest BCUT2D eigenvalue weighted by molar-refractivity contribution is 9.11. The second kappa shape index (κ2) is 6.20. The fourth-order valence-electron chi connectivity index (χ4n) is 1.78. The second-order valence-corrected chi connectivity index (χ2v) is 6.31. The molecule has 0 aliphatic heterocycles. The largest absolute Gasteiger partial charge is 0.324 e. The fraction of sp³-hybridized carbons (Fsp3) is 0.143. The summed E-state index contributed by atoms with van der Waals surface area (Å²) in [4.78, 5) is 0. The van der Waals surface area contributed by atoms with Gasteiger partial charge in [-0.25, -0.2) is 0 Å². The first-order valence-corrected chi connectivity index (χ1v) is 7.47. The van der Waals surface area contributed by atoms with Crippen molar-refractivity contribution in [3.05, 3.63) is 67.6 Å². The molecule has 2 aromatic rings. The zero-order valence-electron chi connectivity index (χ0n) is 9.54. The maximum atomic E-state index is 6.25. The first-order chi connectivity index (χ1) is 8.56. The van der Waals surface area contributed by atoms with E-state index in [0.717, 1.165) is 26.0 Å². The third kappa shape index (κ3) is 3.58. The number of benzene rings is 2. The Labute approximate surface area is 129 Å². The Kier molecular flexibility index (Phi) is 4.84. The van der Waals surface area contributed by atoms with Crippen LogP contribution in [0.25, 0.3) is 0 Å². The summed E-state index contributed by atoms with van der Waals surface area (Å²) in [7, 11) is 0. The van der Waals surface area contributed by atoms with E-state index in [-0.39, 0.29) is 6.04 Å². The Morgan fingerprint density at radius 3 is 2.39 bits per heavy atom. The van der Waals surface area contributed by atoms with Crippen LogP contribution in [0.4, 0.5) is 0 Å². The van der Waals surface area contributed by atoms with Crippen molar-refractivity contribution < 1.29 is 0 Å². The van der Waals surface area contributed by atoms with Gasteiger partial charge >= 0.3 is 0 Å². The second-order valence-electron chi connectivity index (χ2n) is 4.10. The van der Waals surface area contributed by atoms with E-state index in [2.05, 4.69) is 31.9 Å². The van der Waals surface area contributed by atoms with Crippen molar-refractivity contribution in [2.24, 2.45) is 5.73 Å². The summed E-state index contributed by atoms with van der Waals surface area (Å²) in [6.07, 6.45) is 0.784. The zero-order valence-corrected chi connectivity index (χ0v) is 13.5. The Morgan fingerprint density at radius 2 is 1.72 bits per heavy atom. The number of halogens is 3. The molecule has 0 spiro atoms. The highest BCUT2D eigenvalue weighted by Gasteiger charge is 2.11. The summed E-state index contributed by atoms with van der Waals surface area (Å²) in [6.45, 7) is 0. The number of hydrogen-bond acceptors (Lipinski definition) is 1. The van der Waals surface area contributed by atoms with Gasteiger partial charge in [0.1, 0.15) is 0 Å². The SMILES string of the molecule is NC(Cc1ccc(Cl)cc1)c1cc(Br)ccc1Br. The minimum atomic E-state index is -0.0435. The Hall–Kier alpha value is -0.350. The van der Waals surface area contributed by atoms with Crippen LogP contribution in [0.15, 0.2) is 51.4 Å². The van der Waals surface area contributed by atoms with E-state index in [4.69, 9.17) is 17.3 Å². The molecular weight excluding hydrogens is 377 g/mol. The molecule has 2 aromatic carbocycles. The van der Waals surface area contributed by atoms with Gasteiger partial charge in [0.05, 0.1) is 0 Å². The topological polar surface area (TPSA) is 26.0 Å². The van der Waals surface area contributed by atoms with Gasteiger partial charge in [-0.3, -0.25) is 0 Å². The van der Waals surface area contributed by atoms with Gasteiger partial charge in [-0.2, -0.15) is 0 Å². The molecule has 2 N–H and O–H groups in total. The van der Waals surface area contributed by atoms with Gasteiger partial charge in [-0.15, -0.1) is 0 Å². The monoisotopic (exact) mass is 387 g/mol. The zero-order chi connectivity index (χ0) is 13.1. The quantitative estimate of drug-likeness (QED) is 0.776.